The van der Waals surface area contributed by atoms with Gasteiger partial charge in [-0.2, -0.15) is 0 Å². The van der Waals surface area contributed by atoms with Crippen LogP contribution < -0.4 is 10.5 Å². The summed E-state index contributed by atoms with van der Waals surface area (Å²) in [4.78, 5) is 36.7. The van der Waals surface area contributed by atoms with E-state index in [4.69, 9.17) is 0 Å². The van der Waals surface area contributed by atoms with Crippen LogP contribution in [0.1, 0.15) is 76.9 Å². The number of unbranched alkanes of at least 4 members (excludes halogenated alkanes) is 1. The van der Waals surface area contributed by atoms with Crippen LogP contribution >= 0.6 is 11.8 Å². The van der Waals surface area contributed by atoms with Gasteiger partial charge in [-0.3, -0.25) is 9.59 Å². The Kier molecular flexibility index (Phi) is 20.0. The highest BCUT2D eigenvalue weighted by atomic mass is 32.2. The molecule has 7 nitrogen and oxygen atoms in total. The molecule has 3 heterocycles. The molecule has 2 saturated heterocycles. The fraction of sp³-hybridized carbons (Fsp3) is 0.636. The number of carbonyl (C=O) groups is 1. The van der Waals surface area contributed by atoms with E-state index >= 15 is 0 Å². The predicted molar refractivity (Wildman–Crippen MR) is 182 cm³/mol. The van der Waals surface area contributed by atoms with Gasteiger partial charge in [0.15, 0.2) is 0 Å². The Labute approximate surface area is 256 Å². The van der Waals surface area contributed by atoms with Gasteiger partial charge in [0.25, 0.3) is 11.5 Å². The van der Waals surface area contributed by atoms with Crippen LogP contribution in [0.2, 0.25) is 0 Å². The number of nitrogens with zero attached hydrogens (tertiary/aromatic N) is 5. The zero-order chi connectivity index (χ0) is 31.5. The average molecular weight is 590 g/mol. The molecular weight excluding hydrogens is 530 g/mol. The van der Waals surface area contributed by atoms with Gasteiger partial charge < -0.3 is 24.2 Å². The van der Waals surface area contributed by atoms with Crippen LogP contribution in [0.4, 0.5) is 5.69 Å². The molecule has 0 bridgehead atoms. The van der Waals surface area contributed by atoms with Gasteiger partial charge in [0.2, 0.25) is 0 Å². The van der Waals surface area contributed by atoms with Crippen LogP contribution in [0.15, 0.2) is 47.3 Å². The number of pyridine rings is 1. The summed E-state index contributed by atoms with van der Waals surface area (Å²) in [5.74, 6) is -0.135. The Balaban J connectivity index is 0.00000180. The van der Waals surface area contributed by atoms with Gasteiger partial charge in [-0.15, -0.1) is 24.9 Å². The van der Waals surface area contributed by atoms with E-state index in [1.807, 2.05) is 25.7 Å². The summed E-state index contributed by atoms with van der Waals surface area (Å²) >= 11 is 1.73. The lowest BCUT2D eigenvalue weighted by atomic mass is 10.1. The van der Waals surface area contributed by atoms with Crippen molar-refractivity contribution in [1.29, 1.82) is 0 Å². The van der Waals surface area contributed by atoms with Gasteiger partial charge >= 0.3 is 0 Å². The SMILES string of the molecule is C=C.C=C(/C(=C/CC)SC)N1CCN(c2cc(CC)n(C)c(=O)c2C(=O)N2CCN(C)CC2)CC1.CC.CCCC. The van der Waals surface area contributed by atoms with Gasteiger partial charge in [-0.1, -0.05) is 67.0 Å². The second-order valence-corrected chi connectivity index (χ2v) is 10.7. The van der Waals surface area contributed by atoms with Crippen molar-refractivity contribution >= 4 is 23.4 Å². The first-order chi connectivity index (χ1) is 19.7. The minimum absolute atomic E-state index is 0.135. The molecule has 1 aromatic heterocycles. The quantitative estimate of drug-likeness (QED) is 0.263. The summed E-state index contributed by atoms with van der Waals surface area (Å²) in [6.45, 7) is 29.0. The number of hydrogen-bond acceptors (Lipinski definition) is 6. The number of piperazine rings is 2. The second-order valence-electron chi connectivity index (χ2n) is 9.81. The molecule has 8 heteroatoms. The first kappa shape index (κ1) is 38.5. The van der Waals surface area contributed by atoms with Gasteiger partial charge in [0.1, 0.15) is 5.56 Å². The fourth-order valence-corrected chi connectivity index (χ4v) is 5.27. The Morgan fingerprint density at radius 1 is 0.902 bits per heavy atom. The van der Waals surface area contributed by atoms with E-state index in [9.17, 15) is 9.59 Å². The highest BCUT2D eigenvalue weighted by Gasteiger charge is 2.30. The summed E-state index contributed by atoms with van der Waals surface area (Å²) in [6.07, 6.45) is 8.68. The first-order valence-electron chi connectivity index (χ1n) is 15.4. The standard InChI is InChI=1S/C25H39N5O2S.C4H10.C2H6.C2H4/c1-7-9-22(33-6)19(3)28-14-16-29(17-15-28)21-18-20(8-2)27(5)24(31)23(21)25(32)30-12-10-26(4)11-13-30;1-3-4-2;2*1-2/h9,18H,3,7-8,10-17H2,1-2,4-6H3;3-4H2,1-2H3;1-2H3;1-2H2/b22-9-;;;. The van der Waals surface area contributed by atoms with Crippen molar-refractivity contribution in [3.05, 3.63) is 64.1 Å². The number of thioether (sulfide) groups is 1. The van der Waals surface area contributed by atoms with E-state index in [-0.39, 0.29) is 11.5 Å². The van der Waals surface area contributed by atoms with Crippen LogP contribution in [-0.4, -0.2) is 90.8 Å². The van der Waals surface area contributed by atoms with Crippen molar-refractivity contribution < 1.29 is 4.79 Å². The van der Waals surface area contributed by atoms with Crippen LogP contribution in [0, 0.1) is 0 Å². The van der Waals surface area contributed by atoms with E-state index < -0.39 is 0 Å². The molecular formula is C33H59N5O2S. The van der Waals surface area contributed by atoms with Crippen molar-refractivity contribution in [1.82, 2.24) is 19.3 Å². The molecule has 2 fully saturated rings. The number of carbonyl (C=O) groups excluding carboxylic acids is 1. The third-order valence-electron chi connectivity index (χ3n) is 7.27. The lowest BCUT2D eigenvalue weighted by molar-refractivity contribution is 0.0662. The number of aromatic nitrogens is 1. The maximum absolute atomic E-state index is 13.5. The molecule has 2 aliphatic heterocycles. The molecule has 0 spiro atoms. The average Bonchev–Trinajstić information content (AvgIpc) is 3.03. The van der Waals surface area contributed by atoms with E-state index in [1.165, 1.54) is 17.7 Å². The summed E-state index contributed by atoms with van der Waals surface area (Å²) in [5, 5.41) is 0. The topological polar surface area (TPSA) is 52.0 Å². The van der Waals surface area contributed by atoms with Crippen LogP contribution in [0.3, 0.4) is 0 Å². The summed E-state index contributed by atoms with van der Waals surface area (Å²) < 4.78 is 1.64. The molecule has 234 valence electrons. The molecule has 41 heavy (non-hydrogen) atoms. The molecule has 0 atom stereocenters. The highest BCUT2D eigenvalue weighted by Crippen LogP contribution is 2.28. The van der Waals surface area contributed by atoms with Crippen molar-refractivity contribution in [2.24, 2.45) is 7.05 Å². The monoisotopic (exact) mass is 589 g/mol. The maximum Gasteiger partial charge on any atom is 0.265 e. The number of amides is 1. The van der Waals surface area contributed by atoms with E-state index in [0.29, 0.717) is 18.7 Å². The lowest BCUT2D eigenvalue weighted by Crippen LogP contribution is -2.50. The Morgan fingerprint density at radius 2 is 1.41 bits per heavy atom. The maximum atomic E-state index is 13.5. The highest BCUT2D eigenvalue weighted by molar-refractivity contribution is 8.02. The lowest BCUT2D eigenvalue weighted by Gasteiger charge is -2.40. The van der Waals surface area contributed by atoms with Crippen molar-refractivity contribution in [2.75, 3.05) is 70.6 Å². The number of rotatable bonds is 8. The van der Waals surface area contributed by atoms with Gasteiger partial charge in [-0.25, -0.2) is 0 Å². The van der Waals surface area contributed by atoms with Crippen molar-refractivity contribution in [3.8, 4) is 0 Å². The number of anilines is 1. The van der Waals surface area contributed by atoms with Gasteiger partial charge in [0, 0.05) is 75.7 Å². The van der Waals surface area contributed by atoms with Gasteiger partial charge in [0.05, 0.1) is 5.69 Å². The second kappa shape index (κ2) is 21.3. The molecule has 0 radical (unpaired) electrons. The molecule has 1 aromatic rings. The van der Waals surface area contributed by atoms with E-state index in [0.717, 1.165) is 69.2 Å². The number of hydrogen-bond donors (Lipinski definition) is 0. The molecule has 0 aliphatic carbocycles. The molecule has 0 N–H and O–H groups in total. The van der Waals surface area contributed by atoms with E-state index in [2.05, 4.69) is 80.7 Å². The molecule has 0 unspecified atom stereocenters. The summed E-state index contributed by atoms with van der Waals surface area (Å²) in [5.41, 5.74) is 2.94. The molecule has 2 aliphatic rings. The van der Waals surface area contributed by atoms with Crippen molar-refractivity contribution in [3.63, 3.8) is 0 Å². The van der Waals surface area contributed by atoms with Crippen LogP contribution in [-0.2, 0) is 13.5 Å². The smallest absolute Gasteiger partial charge is 0.265 e. The van der Waals surface area contributed by atoms with Crippen molar-refractivity contribution in [2.45, 2.75) is 67.2 Å². The number of allylic oxidation sites excluding steroid dienone is 1. The molecule has 1 amide bonds. The Hall–Kier alpha value is -2.45. The first-order valence-corrected chi connectivity index (χ1v) is 16.6. The normalized spacial score (nSPS) is 15.5. The molecule has 3 rings (SSSR count). The van der Waals surface area contributed by atoms with Crippen LogP contribution in [0.25, 0.3) is 0 Å². The number of likely N-dealkylation sites (N-methyl/N-ethyl adjacent to an activating group) is 1. The minimum atomic E-state index is -0.185. The van der Waals surface area contributed by atoms with Gasteiger partial charge in [-0.05, 0) is 32.2 Å². The fourth-order valence-electron chi connectivity index (χ4n) is 4.57. The molecule has 0 saturated carbocycles. The summed E-state index contributed by atoms with van der Waals surface area (Å²) in [6, 6.07) is 2.06. The third kappa shape index (κ3) is 11.0. The Morgan fingerprint density at radius 3 is 1.85 bits per heavy atom. The van der Waals surface area contributed by atoms with E-state index in [1.54, 1.807) is 23.4 Å². The largest absolute Gasteiger partial charge is 0.368 e. The third-order valence-corrected chi connectivity index (χ3v) is 8.11. The summed E-state index contributed by atoms with van der Waals surface area (Å²) in [7, 11) is 3.84. The zero-order valence-electron chi connectivity index (χ0n) is 27.7. The Bertz CT molecular complexity index is 1000. The zero-order valence-corrected chi connectivity index (χ0v) is 28.5. The minimum Gasteiger partial charge on any atom is -0.368 e. The molecule has 0 aromatic carbocycles. The number of aryl methyl sites for hydroxylation is 1. The van der Waals surface area contributed by atoms with Crippen LogP contribution in [0.5, 0.6) is 0 Å². The predicted octanol–water partition coefficient (Wildman–Crippen LogP) is 6.26.